The number of hydrogen-bond acceptors (Lipinski definition) is 3. The lowest BCUT2D eigenvalue weighted by Gasteiger charge is -2.33. The molecule has 1 aliphatic rings. The zero-order valence-corrected chi connectivity index (χ0v) is 13.6. The summed E-state index contributed by atoms with van der Waals surface area (Å²) in [5.41, 5.74) is 0.887. The van der Waals surface area contributed by atoms with Crippen LogP contribution in [0.1, 0.15) is 17.4 Å². The highest BCUT2D eigenvalue weighted by Gasteiger charge is 2.28. The second-order valence-corrected chi connectivity index (χ2v) is 7.73. The van der Waals surface area contributed by atoms with E-state index in [0.717, 1.165) is 0 Å². The van der Waals surface area contributed by atoms with Crippen molar-refractivity contribution in [2.24, 2.45) is 0 Å². The third-order valence-corrected chi connectivity index (χ3v) is 6.01. The minimum absolute atomic E-state index is 0.0578. The topological polar surface area (TPSA) is 73.5 Å². The Hall–Kier alpha value is -1.93. The van der Waals surface area contributed by atoms with Crippen LogP contribution < -0.4 is 0 Å². The molecule has 2 aromatic rings. The Morgan fingerprint density at radius 3 is 2.57 bits per heavy atom. The molecule has 1 aromatic carbocycles. The molecule has 2 heterocycles. The van der Waals surface area contributed by atoms with Crippen molar-refractivity contribution in [1.29, 1.82) is 0 Å². The zero-order valence-electron chi connectivity index (χ0n) is 12.8. The summed E-state index contributed by atoms with van der Waals surface area (Å²) in [4.78, 5) is 17.0. The van der Waals surface area contributed by atoms with Gasteiger partial charge >= 0.3 is 0 Å². The van der Waals surface area contributed by atoms with Gasteiger partial charge in [-0.3, -0.25) is 4.79 Å². The Morgan fingerprint density at radius 1 is 1.26 bits per heavy atom. The molecule has 0 unspecified atom stereocenters. The number of nitrogens with one attached hydrogen (secondary N) is 1. The van der Waals surface area contributed by atoms with E-state index in [2.05, 4.69) is 4.98 Å². The summed E-state index contributed by atoms with van der Waals surface area (Å²) in [6, 6.07) is 6.14. The van der Waals surface area contributed by atoms with Crippen LogP contribution >= 0.6 is 0 Å². The molecule has 3 rings (SSSR count). The van der Waals surface area contributed by atoms with Crippen LogP contribution in [0.3, 0.4) is 0 Å². The predicted molar refractivity (Wildman–Crippen MR) is 85.2 cm³/mol. The van der Waals surface area contributed by atoms with Gasteiger partial charge in [-0.2, -0.15) is 4.31 Å². The van der Waals surface area contributed by atoms with Crippen LogP contribution in [-0.2, 0) is 10.0 Å². The normalized spacial score (nSPS) is 16.9. The van der Waals surface area contributed by atoms with Gasteiger partial charge < -0.3 is 9.88 Å². The third-order valence-electron chi connectivity index (χ3n) is 4.13. The molecule has 0 bridgehead atoms. The standard InChI is InChI=1S/C15H18FN3O3S/c1-2-23(21,22)19-8-6-18(7-9-19)15(20)14-10-11-12(16)4-3-5-13(11)17-14/h3-5,10,17H,2,6-9H2,1H3. The van der Waals surface area contributed by atoms with Crippen LogP contribution in [0, 0.1) is 5.82 Å². The molecule has 0 atom stereocenters. The van der Waals surface area contributed by atoms with E-state index >= 15 is 0 Å². The highest BCUT2D eigenvalue weighted by molar-refractivity contribution is 7.89. The molecule has 0 spiro atoms. The molecule has 0 radical (unpaired) electrons. The molecule has 124 valence electrons. The van der Waals surface area contributed by atoms with Gasteiger partial charge in [-0.25, -0.2) is 12.8 Å². The maximum absolute atomic E-state index is 13.7. The molecule has 0 aliphatic carbocycles. The number of aromatic amines is 1. The van der Waals surface area contributed by atoms with Gasteiger partial charge in [-0.1, -0.05) is 6.07 Å². The summed E-state index contributed by atoms with van der Waals surface area (Å²) < 4.78 is 38.8. The number of benzene rings is 1. The van der Waals surface area contributed by atoms with Crippen molar-refractivity contribution < 1.29 is 17.6 Å². The molecule has 0 saturated carbocycles. The summed E-state index contributed by atoms with van der Waals surface area (Å²) in [5, 5.41) is 0.378. The second-order valence-electron chi connectivity index (χ2n) is 5.48. The van der Waals surface area contributed by atoms with E-state index < -0.39 is 10.0 Å². The van der Waals surface area contributed by atoms with E-state index in [1.54, 1.807) is 24.0 Å². The highest BCUT2D eigenvalue weighted by Crippen LogP contribution is 2.20. The number of nitrogens with zero attached hydrogens (tertiary/aromatic N) is 2. The van der Waals surface area contributed by atoms with E-state index in [1.807, 2.05) is 0 Å². The Bertz CT molecular complexity index is 839. The minimum Gasteiger partial charge on any atom is -0.350 e. The number of aromatic nitrogens is 1. The molecule has 6 nitrogen and oxygen atoms in total. The number of H-pyrrole nitrogens is 1. The van der Waals surface area contributed by atoms with E-state index in [4.69, 9.17) is 0 Å². The largest absolute Gasteiger partial charge is 0.350 e. The van der Waals surface area contributed by atoms with Crippen LogP contribution in [0.4, 0.5) is 4.39 Å². The Morgan fingerprint density at radius 2 is 1.96 bits per heavy atom. The molecule has 1 fully saturated rings. The second kappa shape index (κ2) is 5.93. The Kier molecular flexibility index (Phi) is 4.11. The SMILES string of the molecule is CCS(=O)(=O)N1CCN(C(=O)c2cc3c(F)cccc3[nH]2)CC1. The first-order valence-corrected chi connectivity index (χ1v) is 9.07. The first-order chi connectivity index (χ1) is 10.9. The zero-order chi connectivity index (χ0) is 16.6. The van der Waals surface area contributed by atoms with Crippen LogP contribution in [0.2, 0.25) is 0 Å². The van der Waals surface area contributed by atoms with Crippen LogP contribution in [0.25, 0.3) is 10.9 Å². The number of carbonyl (C=O) groups is 1. The lowest BCUT2D eigenvalue weighted by Crippen LogP contribution is -2.50. The van der Waals surface area contributed by atoms with Gasteiger partial charge in [0, 0.05) is 37.1 Å². The number of rotatable bonds is 3. The summed E-state index contributed by atoms with van der Waals surface area (Å²) in [5.74, 6) is -0.562. The molecule has 8 heteroatoms. The fourth-order valence-corrected chi connectivity index (χ4v) is 3.84. The molecule has 23 heavy (non-hydrogen) atoms. The van der Waals surface area contributed by atoms with Crippen molar-refractivity contribution >= 4 is 26.8 Å². The number of carbonyl (C=O) groups excluding carboxylic acids is 1. The quantitative estimate of drug-likeness (QED) is 0.919. The van der Waals surface area contributed by atoms with Gasteiger partial charge in [0.15, 0.2) is 0 Å². The summed E-state index contributed by atoms with van der Waals surface area (Å²) in [6.45, 7) is 2.84. The van der Waals surface area contributed by atoms with Crippen molar-refractivity contribution in [3.63, 3.8) is 0 Å². The average Bonchev–Trinajstić information content (AvgIpc) is 3.00. The van der Waals surface area contributed by atoms with Crippen LogP contribution in [-0.4, -0.2) is 60.4 Å². The number of amides is 1. The van der Waals surface area contributed by atoms with E-state index in [-0.39, 0.29) is 30.6 Å². The van der Waals surface area contributed by atoms with Gasteiger partial charge in [0.2, 0.25) is 10.0 Å². The monoisotopic (exact) mass is 339 g/mol. The van der Waals surface area contributed by atoms with Crippen molar-refractivity contribution in [2.45, 2.75) is 6.92 Å². The number of hydrogen-bond donors (Lipinski definition) is 1. The van der Waals surface area contributed by atoms with E-state index in [1.165, 1.54) is 16.4 Å². The van der Waals surface area contributed by atoms with E-state index in [9.17, 15) is 17.6 Å². The van der Waals surface area contributed by atoms with E-state index in [0.29, 0.717) is 29.7 Å². The van der Waals surface area contributed by atoms with Gasteiger partial charge in [-0.05, 0) is 25.1 Å². The van der Waals surface area contributed by atoms with Gasteiger partial charge in [0.25, 0.3) is 5.91 Å². The van der Waals surface area contributed by atoms with Gasteiger partial charge in [0.05, 0.1) is 5.75 Å². The molecule has 1 aromatic heterocycles. The molecule has 1 saturated heterocycles. The Balaban J connectivity index is 1.75. The first kappa shape index (κ1) is 15.9. The Labute approximate surface area is 133 Å². The number of fused-ring (bicyclic) bond motifs is 1. The summed E-state index contributed by atoms with van der Waals surface area (Å²) in [7, 11) is -3.22. The van der Waals surface area contributed by atoms with Crippen molar-refractivity contribution in [3.05, 3.63) is 35.8 Å². The molecule has 1 amide bonds. The predicted octanol–water partition coefficient (Wildman–Crippen LogP) is 1.41. The number of piperazine rings is 1. The first-order valence-electron chi connectivity index (χ1n) is 7.46. The van der Waals surface area contributed by atoms with Crippen molar-refractivity contribution in [1.82, 2.24) is 14.2 Å². The lowest BCUT2D eigenvalue weighted by atomic mass is 10.2. The minimum atomic E-state index is -3.22. The van der Waals surface area contributed by atoms with Crippen LogP contribution in [0.15, 0.2) is 24.3 Å². The fourth-order valence-electron chi connectivity index (χ4n) is 2.76. The fraction of sp³-hybridized carbons (Fsp3) is 0.400. The molecular formula is C15H18FN3O3S. The summed E-state index contributed by atoms with van der Waals surface area (Å²) in [6.07, 6.45) is 0. The lowest BCUT2D eigenvalue weighted by molar-refractivity contribution is 0.0693. The van der Waals surface area contributed by atoms with Crippen LogP contribution in [0.5, 0.6) is 0 Å². The number of halogens is 1. The maximum atomic E-state index is 13.7. The maximum Gasteiger partial charge on any atom is 0.270 e. The van der Waals surface area contributed by atoms with Gasteiger partial charge in [-0.15, -0.1) is 0 Å². The average molecular weight is 339 g/mol. The highest BCUT2D eigenvalue weighted by atomic mass is 32.2. The summed E-state index contributed by atoms with van der Waals surface area (Å²) >= 11 is 0. The van der Waals surface area contributed by atoms with Gasteiger partial charge in [0.1, 0.15) is 11.5 Å². The molecule has 1 aliphatic heterocycles. The smallest absolute Gasteiger partial charge is 0.270 e. The molecule has 1 N–H and O–H groups in total. The molecular weight excluding hydrogens is 321 g/mol. The van der Waals surface area contributed by atoms with Crippen molar-refractivity contribution in [3.8, 4) is 0 Å². The number of sulfonamides is 1. The van der Waals surface area contributed by atoms with Crippen molar-refractivity contribution in [2.75, 3.05) is 31.9 Å². The third kappa shape index (κ3) is 2.96.